The van der Waals surface area contributed by atoms with Crippen molar-refractivity contribution in [2.45, 2.75) is 0 Å². The van der Waals surface area contributed by atoms with Gasteiger partial charge in [0, 0.05) is 0 Å². The van der Waals surface area contributed by atoms with Crippen molar-refractivity contribution in [3.63, 3.8) is 0 Å². The fourth-order valence-corrected chi connectivity index (χ4v) is 7.01. The molecule has 8 rings (SSSR count). The Morgan fingerprint density at radius 2 is 0.562 bits per heavy atom. The highest BCUT2D eigenvalue weighted by Gasteiger charge is 2.23. The molecule has 0 saturated heterocycles. The van der Waals surface area contributed by atoms with Gasteiger partial charge in [0.15, 0.2) is 0 Å². The Hall–Kier alpha value is -5.85. The van der Waals surface area contributed by atoms with E-state index in [1.807, 2.05) is 0 Å². The van der Waals surface area contributed by atoms with Crippen LogP contribution in [0.4, 0.5) is 0 Å². The molecule has 0 aliphatic rings. The third-order valence-electron chi connectivity index (χ3n) is 9.49. The van der Waals surface area contributed by atoms with Crippen LogP contribution in [0, 0.1) is 0 Å². The fraction of sp³-hybridized carbons (Fsp3) is 0. The molecule has 0 aliphatic heterocycles. The number of fused-ring (bicyclic) bond motifs is 2. The number of hydrogen-bond donors (Lipinski definition) is 0. The fourth-order valence-electron chi connectivity index (χ4n) is 7.01. The van der Waals surface area contributed by atoms with Gasteiger partial charge in [-0.3, -0.25) is 0 Å². The van der Waals surface area contributed by atoms with E-state index in [1.54, 1.807) is 0 Å². The van der Waals surface area contributed by atoms with Gasteiger partial charge >= 0.3 is 0 Å². The lowest BCUT2D eigenvalue weighted by molar-refractivity contribution is 1.67. The molecule has 0 fully saturated rings. The van der Waals surface area contributed by atoms with E-state index in [9.17, 15) is 0 Å². The van der Waals surface area contributed by atoms with Gasteiger partial charge < -0.3 is 0 Å². The highest BCUT2D eigenvalue weighted by molar-refractivity contribution is 6.96. The van der Waals surface area contributed by atoms with Crippen LogP contribution in [-0.4, -0.2) is 13.4 Å². The van der Waals surface area contributed by atoms with E-state index in [0.29, 0.717) is 0 Å². The molecule has 0 bridgehead atoms. The first-order valence-electron chi connectivity index (χ1n) is 16.7. The monoisotopic (exact) mass is 608 g/mol. The maximum Gasteiger partial charge on any atom is 0.241 e. The zero-order chi connectivity index (χ0) is 32.1. The SMILES string of the molecule is C(=C\c1ccc(B(c2ccccc2)c2ccc3ccccc3c2)cc1)/c1ccc(B(c2ccccc2)c2ccc3ccccc3c2)cc1. The number of benzene rings is 8. The topological polar surface area (TPSA) is 0 Å². The predicted molar refractivity (Wildman–Crippen MR) is 212 cm³/mol. The molecule has 0 aliphatic carbocycles. The molecule has 224 valence electrons. The molecule has 0 aromatic heterocycles. The molecule has 0 nitrogen and oxygen atoms in total. The summed E-state index contributed by atoms with van der Waals surface area (Å²) in [5.74, 6) is 0. The van der Waals surface area contributed by atoms with Gasteiger partial charge in [0.2, 0.25) is 13.4 Å². The van der Waals surface area contributed by atoms with Crippen LogP contribution in [0.5, 0.6) is 0 Å². The van der Waals surface area contributed by atoms with E-state index in [4.69, 9.17) is 0 Å². The Morgan fingerprint density at radius 3 is 0.958 bits per heavy atom. The van der Waals surface area contributed by atoms with Crippen LogP contribution in [0.25, 0.3) is 33.7 Å². The number of rotatable bonds is 8. The summed E-state index contributed by atoms with van der Waals surface area (Å²) in [5, 5.41) is 5.08. The summed E-state index contributed by atoms with van der Waals surface area (Å²) in [4.78, 5) is 0. The zero-order valence-corrected chi connectivity index (χ0v) is 26.8. The third-order valence-corrected chi connectivity index (χ3v) is 9.49. The smallest absolute Gasteiger partial charge is 0.0687 e. The lowest BCUT2D eigenvalue weighted by Gasteiger charge is -2.17. The van der Waals surface area contributed by atoms with Crippen molar-refractivity contribution in [1.29, 1.82) is 0 Å². The highest BCUT2D eigenvalue weighted by Crippen LogP contribution is 2.14. The Labute approximate surface area is 284 Å². The van der Waals surface area contributed by atoms with Crippen molar-refractivity contribution < 1.29 is 0 Å². The Bertz CT molecular complexity index is 2160. The second-order valence-corrected chi connectivity index (χ2v) is 12.6. The van der Waals surface area contributed by atoms with Crippen LogP contribution in [0.3, 0.4) is 0 Å². The molecule has 0 atom stereocenters. The van der Waals surface area contributed by atoms with Gasteiger partial charge in [0.1, 0.15) is 0 Å². The summed E-state index contributed by atoms with van der Waals surface area (Å²) in [6.45, 7) is 0.336. The summed E-state index contributed by atoms with van der Waals surface area (Å²) >= 11 is 0. The Balaban J connectivity index is 1.05. The standard InChI is InChI=1S/C46H34B2/c1-3-15-41(16-4-1)47(45-31-25-37-11-7-9-13-39(37)33-45)43-27-21-35(22-28-43)19-20-36-23-29-44(30-24-36)48(42-17-5-2-6-18-42)46-32-26-38-12-8-10-14-40(38)34-46/h1-34H/b20-19+. The lowest BCUT2D eigenvalue weighted by atomic mass is 9.37. The molecule has 0 radical (unpaired) electrons. The first kappa shape index (κ1) is 29.5. The second kappa shape index (κ2) is 13.5. The van der Waals surface area contributed by atoms with Crippen LogP contribution < -0.4 is 32.8 Å². The van der Waals surface area contributed by atoms with Crippen LogP contribution in [-0.2, 0) is 0 Å². The van der Waals surface area contributed by atoms with Crippen LogP contribution in [0.1, 0.15) is 11.1 Å². The number of hydrogen-bond acceptors (Lipinski definition) is 0. The minimum atomic E-state index is 0.168. The lowest BCUT2D eigenvalue weighted by Crippen LogP contribution is -2.51. The van der Waals surface area contributed by atoms with Crippen molar-refractivity contribution in [3.05, 3.63) is 205 Å². The van der Waals surface area contributed by atoms with Gasteiger partial charge in [-0.1, -0.05) is 239 Å². The van der Waals surface area contributed by atoms with Crippen LogP contribution in [0.15, 0.2) is 194 Å². The molecule has 0 heterocycles. The highest BCUT2D eigenvalue weighted by atomic mass is 14.0. The van der Waals surface area contributed by atoms with Gasteiger partial charge in [0.25, 0.3) is 0 Å². The predicted octanol–water partition coefficient (Wildman–Crippen LogP) is 7.20. The summed E-state index contributed by atoms with van der Waals surface area (Å²) < 4.78 is 0. The summed E-state index contributed by atoms with van der Waals surface area (Å²) in [5.41, 5.74) is 10.2. The van der Waals surface area contributed by atoms with Crippen molar-refractivity contribution >= 4 is 79.9 Å². The molecule has 2 heteroatoms. The van der Waals surface area contributed by atoms with E-state index in [-0.39, 0.29) is 13.4 Å². The molecule has 8 aromatic rings. The van der Waals surface area contributed by atoms with E-state index in [1.165, 1.54) is 65.4 Å². The first-order valence-corrected chi connectivity index (χ1v) is 16.7. The maximum absolute atomic E-state index is 2.34. The average molecular weight is 608 g/mol. The molecule has 0 saturated carbocycles. The van der Waals surface area contributed by atoms with E-state index >= 15 is 0 Å². The van der Waals surface area contributed by atoms with Crippen molar-refractivity contribution in [3.8, 4) is 0 Å². The quantitative estimate of drug-likeness (QED) is 0.127. The minimum Gasteiger partial charge on any atom is -0.0687 e. The van der Waals surface area contributed by atoms with Gasteiger partial charge in [-0.2, -0.15) is 0 Å². The largest absolute Gasteiger partial charge is 0.241 e. The second-order valence-electron chi connectivity index (χ2n) is 12.6. The van der Waals surface area contributed by atoms with E-state index < -0.39 is 0 Å². The van der Waals surface area contributed by atoms with E-state index in [2.05, 4.69) is 206 Å². The molecule has 0 N–H and O–H groups in total. The van der Waals surface area contributed by atoms with Crippen LogP contribution in [0.2, 0.25) is 0 Å². The van der Waals surface area contributed by atoms with Crippen molar-refractivity contribution in [1.82, 2.24) is 0 Å². The summed E-state index contributed by atoms with van der Waals surface area (Å²) in [6.07, 6.45) is 4.43. The van der Waals surface area contributed by atoms with Gasteiger partial charge in [-0.15, -0.1) is 0 Å². The molecular weight excluding hydrogens is 574 g/mol. The van der Waals surface area contributed by atoms with Crippen molar-refractivity contribution in [2.24, 2.45) is 0 Å². The maximum atomic E-state index is 2.34. The Kier molecular flexibility index (Phi) is 8.30. The molecule has 8 aromatic carbocycles. The summed E-state index contributed by atoms with van der Waals surface area (Å²) in [6, 6.07) is 70.7. The molecular formula is C46H34B2. The third kappa shape index (κ3) is 6.26. The first-order chi connectivity index (χ1) is 23.8. The van der Waals surface area contributed by atoms with Crippen molar-refractivity contribution in [2.75, 3.05) is 0 Å². The average Bonchev–Trinajstić information content (AvgIpc) is 3.16. The molecule has 0 unspecified atom stereocenters. The van der Waals surface area contributed by atoms with Gasteiger partial charge in [-0.05, 0) is 32.7 Å². The minimum absolute atomic E-state index is 0.168. The van der Waals surface area contributed by atoms with Crippen LogP contribution >= 0.6 is 0 Å². The molecule has 0 spiro atoms. The normalized spacial score (nSPS) is 11.2. The van der Waals surface area contributed by atoms with Gasteiger partial charge in [0.05, 0.1) is 0 Å². The molecule has 48 heavy (non-hydrogen) atoms. The zero-order valence-electron chi connectivity index (χ0n) is 26.8. The molecule has 0 amide bonds. The summed E-state index contributed by atoms with van der Waals surface area (Å²) in [7, 11) is 0. The van der Waals surface area contributed by atoms with Gasteiger partial charge in [-0.25, -0.2) is 0 Å². The van der Waals surface area contributed by atoms with E-state index in [0.717, 1.165) is 0 Å². The Morgan fingerprint density at radius 1 is 0.250 bits per heavy atom.